The topological polar surface area (TPSA) is 0 Å². The third-order valence-corrected chi connectivity index (χ3v) is 4.21. The monoisotopic (exact) mass is 254 g/mol. The van der Waals surface area contributed by atoms with Crippen LogP contribution in [0, 0.1) is 11.8 Å². The van der Waals surface area contributed by atoms with Crippen LogP contribution in [0.1, 0.15) is 105 Å². The van der Waals surface area contributed by atoms with Gasteiger partial charge in [-0.2, -0.15) is 0 Å². The maximum Gasteiger partial charge on any atom is -0.0443 e. The van der Waals surface area contributed by atoms with Crippen LogP contribution in [0.3, 0.4) is 0 Å². The predicted octanol–water partition coefficient (Wildman–Crippen LogP) is 6.98. The van der Waals surface area contributed by atoms with Crippen molar-refractivity contribution in [1.29, 1.82) is 0 Å². The Kier molecular flexibility index (Phi) is 13.4. The van der Waals surface area contributed by atoms with Crippen LogP contribution in [0.5, 0.6) is 0 Å². The average Bonchev–Trinajstić information content (AvgIpc) is 2.33. The second-order valence-electron chi connectivity index (χ2n) is 6.49. The fourth-order valence-corrected chi connectivity index (χ4v) is 2.97. The summed E-state index contributed by atoms with van der Waals surface area (Å²) < 4.78 is 0. The molecular weight excluding hydrogens is 216 g/mol. The van der Waals surface area contributed by atoms with Crippen LogP contribution in [0.15, 0.2) is 0 Å². The van der Waals surface area contributed by atoms with E-state index in [9.17, 15) is 0 Å². The zero-order chi connectivity index (χ0) is 13.6. The fraction of sp³-hybridized carbons (Fsp3) is 1.00. The van der Waals surface area contributed by atoms with E-state index >= 15 is 0 Å². The molecule has 0 N–H and O–H groups in total. The van der Waals surface area contributed by atoms with E-state index in [2.05, 4.69) is 27.7 Å². The smallest absolute Gasteiger partial charge is 0.0443 e. The zero-order valence-electron chi connectivity index (χ0n) is 13.6. The highest BCUT2D eigenvalue weighted by Crippen LogP contribution is 2.18. The van der Waals surface area contributed by atoms with Crippen molar-refractivity contribution in [3.05, 3.63) is 0 Å². The van der Waals surface area contributed by atoms with Gasteiger partial charge < -0.3 is 0 Å². The van der Waals surface area contributed by atoms with Gasteiger partial charge in [0.1, 0.15) is 0 Å². The molecule has 0 radical (unpaired) electrons. The molecule has 0 aromatic rings. The molecule has 0 aromatic carbocycles. The summed E-state index contributed by atoms with van der Waals surface area (Å²) >= 11 is 0. The highest BCUT2D eigenvalue weighted by atomic mass is 14.1. The summed E-state index contributed by atoms with van der Waals surface area (Å²) in [4.78, 5) is 0. The molecule has 0 rings (SSSR count). The Labute approximate surface area is 117 Å². The minimum absolute atomic E-state index is 0.963. The Balaban J connectivity index is 3.11. The van der Waals surface area contributed by atoms with Gasteiger partial charge in [-0.1, -0.05) is 105 Å². The van der Waals surface area contributed by atoms with Crippen LogP contribution >= 0.6 is 0 Å². The summed E-state index contributed by atoms with van der Waals surface area (Å²) in [6.07, 6.45) is 17.3. The summed E-state index contributed by atoms with van der Waals surface area (Å²) in [5.74, 6) is 1.93. The van der Waals surface area contributed by atoms with E-state index in [1.807, 2.05) is 0 Å². The van der Waals surface area contributed by atoms with Gasteiger partial charge in [0.2, 0.25) is 0 Å². The Morgan fingerprint density at radius 2 is 0.833 bits per heavy atom. The molecule has 0 saturated heterocycles. The third-order valence-electron chi connectivity index (χ3n) is 4.21. The molecule has 0 fully saturated rings. The minimum Gasteiger partial charge on any atom is -0.0654 e. The SMILES string of the molecule is CCCC(C)CCCCCCCCC(C)CCC. The van der Waals surface area contributed by atoms with Crippen molar-refractivity contribution in [2.24, 2.45) is 11.8 Å². The molecule has 2 unspecified atom stereocenters. The quantitative estimate of drug-likeness (QED) is 0.311. The van der Waals surface area contributed by atoms with Crippen molar-refractivity contribution in [2.75, 3.05) is 0 Å². The second-order valence-corrected chi connectivity index (χ2v) is 6.49. The molecule has 0 nitrogen and oxygen atoms in total. The van der Waals surface area contributed by atoms with Crippen LogP contribution in [-0.4, -0.2) is 0 Å². The van der Waals surface area contributed by atoms with Crippen molar-refractivity contribution < 1.29 is 0 Å². The normalized spacial score (nSPS) is 14.7. The molecule has 18 heavy (non-hydrogen) atoms. The number of hydrogen-bond acceptors (Lipinski definition) is 0. The van der Waals surface area contributed by atoms with Crippen molar-refractivity contribution in [1.82, 2.24) is 0 Å². The van der Waals surface area contributed by atoms with E-state index in [-0.39, 0.29) is 0 Å². The maximum atomic E-state index is 2.42. The van der Waals surface area contributed by atoms with Gasteiger partial charge >= 0.3 is 0 Å². The lowest BCUT2D eigenvalue weighted by molar-refractivity contribution is 0.436. The fourth-order valence-electron chi connectivity index (χ4n) is 2.97. The lowest BCUT2D eigenvalue weighted by Crippen LogP contribution is -1.94. The first-order valence-electron chi connectivity index (χ1n) is 8.70. The van der Waals surface area contributed by atoms with Crippen molar-refractivity contribution in [2.45, 2.75) is 105 Å². The largest absolute Gasteiger partial charge is 0.0654 e. The molecule has 0 aliphatic rings. The third kappa shape index (κ3) is 12.5. The molecule has 0 bridgehead atoms. The Hall–Kier alpha value is 0. The Morgan fingerprint density at radius 1 is 0.500 bits per heavy atom. The first kappa shape index (κ1) is 18.0. The summed E-state index contributed by atoms with van der Waals surface area (Å²) in [6, 6.07) is 0. The van der Waals surface area contributed by atoms with E-state index in [4.69, 9.17) is 0 Å². The average molecular weight is 255 g/mol. The van der Waals surface area contributed by atoms with Gasteiger partial charge in [-0.05, 0) is 11.8 Å². The van der Waals surface area contributed by atoms with E-state index < -0.39 is 0 Å². The Morgan fingerprint density at radius 3 is 1.17 bits per heavy atom. The summed E-state index contributed by atoms with van der Waals surface area (Å²) in [5.41, 5.74) is 0. The van der Waals surface area contributed by atoms with Crippen LogP contribution in [0.2, 0.25) is 0 Å². The van der Waals surface area contributed by atoms with Crippen LogP contribution in [0.4, 0.5) is 0 Å². The number of hydrogen-bond donors (Lipinski definition) is 0. The predicted molar refractivity (Wildman–Crippen MR) is 85.1 cm³/mol. The van der Waals surface area contributed by atoms with Crippen LogP contribution < -0.4 is 0 Å². The molecule has 0 spiro atoms. The molecule has 0 heterocycles. The summed E-state index contributed by atoms with van der Waals surface area (Å²) in [5, 5.41) is 0. The van der Waals surface area contributed by atoms with E-state index in [0.29, 0.717) is 0 Å². The van der Waals surface area contributed by atoms with Crippen molar-refractivity contribution in [3.8, 4) is 0 Å². The van der Waals surface area contributed by atoms with Gasteiger partial charge in [0.15, 0.2) is 0 Å². The van der Waals surface area contributed by atoms with Crippen LogP contribution in [0.25, 0.3) is 0 Å². The Bertz CT molecular complexity index is 132. The maximum absolute atomic E-state index is 2.42. The van der Waals surface area contributed by atoms with E-state index in [0.717, 1.165) is 11.8 Å². The minimum atomic E-state index is 0.963. The van der Waals surface area contributed by atoms with E-state index in [1.165, 1.54) is 77.0 Å². The lowest BCUT2D eigenvalue weighted by Gasteiger charge is -2.10. The molecule has 0 aliphatic carbocycles. The second kappa shape index (κ2) is 13.4. The van der Waals surface area contributed by atoms with Gasteiger partial charge in [0.05, 0.1) is 0 Å². The molecule has 0 aliphatic heterocycles. The molecule has 0 heteroatoms. The summed E-state index contributed by atoms with van der Waals surface area (Å²) in [6.45, 7) is 9.43. The number of unbranched alkanes of at least 4 members (excludes halogenated alkanes) is 5. The van der Waals surface area contributed by atoms with Gasteiger partial charge in [-0.3, -0.25) is 0 Å². The van der Waals surface area contributed by atoms with Crippen LogP contribution in [-0.2, 0) is 0 Å². The van der Waals surface area contributed by atoms with Gasteiger partial charge in [0, 0.05) is 0 Å². The molecule has 0 aromatic heterocycles. The molecular formula is C18H38. The highest BCUT2D eigenvalue weighted by Gasteiger charge is 2.01. The first-order valence-corrected chi connectivity index (χ1v) is 8.70. The summed E-state index contributed by atoms with van der Waals surface area (Å²) in [7, 11) is 0. The molecule has 0 saturated carbocycles. The number of rotatable bonds is 13. The van der Waals surface area contributed by atoms with Crippen molar-refractivity contribution in [3.63, 3.8) is 0 Å². The van der Waals surface area contributed by atoms with Crippen molar-refractivity contribution >= 4 is 0 Å². The molecule has 0 amide bonds. The molecule has 110 valence electrons. The van der Waals surface area contributed by atoms with E-state index in [1.54, 1.807) is 0 Å². The highest BCUT2D eigenvalue weighted by molar-refractivity contribution is 4.55. The van der Waals surface area contributed by atoms with Gasteiger partial charge in [-0.25, -0.2) is 0 Å². The zero-order valence-corrected chi connectivity index (χ0v) is 13.6. The first-order chi connectivity index (χ1) is 8.70. The van der Waals surface area contributed by atoms with Gasteiger partial charge in [-0.15, -0.1) is 0 Å². The molecule has 2 atom stereocenters. The lowest BCUT2D eigenvalue weighted by atomic mass is 9.96. The standard InChI is InChI=1S/C18H38/c1-5-13-17(3)15-11-9-7-8-10-12-16-18(4)14-6-2/h17-18H,5-16H2,1-4H3. The van der Waals surface area contributed by atoms with Gasteiger partial charge in [0.25, 0.3) is 0 Å².